The molecule has 1 aromatic carbocycles. The van der Waals surface area contributed by atoms with Gasteiger partial charge < -0.3 is 30.1 Å². The quantitative estimate of drug-likeness (QED) is 0.415. The maximum Gasteiger partial charge on any atom is 0.406 e. The number of aromatic nitrogens is 2. The van der Waals surface area contributed by atoms with Crippen LogP contribution in [0.4, 0.5) is 10.6 Å². The summed E-state index contributed by atoms with van der Waals surface area (Å²) in [7, 11) is 1.42. The average Bonchev–Trinajstić information content (AvgIpc) is 3.42. The largest absolute Gasteiger partial charge is 0.458 e. The summed E-state index contributed by atoms with van der Waals surface area (Å²) in [5.41, 5.74) is 0. The van der Waals surface area contributed by atoms with Gasteiger partial charge in [0.15, 0.2) is 5.82 Å². The smallest absolute Gasteiger partial charge is 0.406 e. The topological polar surface area (TPSA) is 135 Å². The number of nitrogens with zero attached hydrogens (tertiary/aromatic N) is 3. The Bertz CT molecular complexity index is 1120. The molecule has 1 aromatic heterocycles. The van der Waals surface area contributed by atoms with Gasteiger partial charge in [-0.3, -0.25) is 14.3 Å². The zero-order chi connectivity index (χ0) is 26.2. The van der Waals surface area contributed by atoms with E-state index in [-0.39, 0.29) is 37.3 Å². The van der Waals surface area contributed by atoms with Crippen LogP contribution in [0.1, 0.15) is 20.3 Å². The van der Waals surface area contributed by atoms with Crippen molar-refractivity contribution in [2.24, 2.45) is 5.92 Å². The molecule has 2 atom stereocenters. The molecule has 0 fully saturated rings. The summed E-state index contributed by atoms with van der Waals surface area (Å²) in [6, 6.07) is 7.77. The van der Waals surface area contributed by atoms with Gasteiger partial charge in [-0.05, 0) is 24.5 Å². The third-order valence-corrected chi connectivity index (χ3v) is 5.56. The number of halogens is 1. The van der Waals surface area contributed by atoms with E-state index in [1.165, 1.54) is 22.7 Å². The zero-order valence-electron chi connectivity index (χ0n) is 20.3. The number of hydrogen-bond donors (Lipinski definition) is 3. The molecule has 0 saturated heterocycles. The van der Waals surface area contributed by atoms with E-state index in [9.17, 15) is 19.5 Å². The third-order valence-electron chi connectivity index (χ3n) is 5.25. The maximum atomic E-state index is 13.2. The molecule has 0 saturated carbocycles. The van der Waals surface area contributed by atoms with Gasteiger partial charge in [-0.25, -0.2) is 4.79 Å². The lowest BCUT2D eigenvalue weighted by atomic mass is 10.0. The second kappa shape index (κ2) is 12.4. The molecule has 1 aliphatic heterocycles. The van der Waals surface area contributed by atoms with Crippen molar-refractivity contribution in [3.05, 3.63) is 53.4 Å². The molecule has 194 valence electrons. The summed E-state index contributed by atoms with van der Waals surface area (Å²) in [6.07, 6.45) is 1.74. The molecule has 3 N–H and O–H groups in total. The van der Waals surface area contributed by atoms with Crippen LogP contribution in [0.2, 0.25) is 5.02 Å². The molecule has 2 aromatic rings. The Morgan fingerprint density at radius 1 is 1.25 bits per heavy atom. The third kappa shape index (κ3) is 7.46. The second-order valence-electron chi connectivity index (χ2n) is 8.67. The van der Waals surface area contributed by atoms with Gasteiger partial charge >= 0.3 is 6.09 Å². The molecule has 11 nitrogen and oxygen atoms in total. The molecule has 0 unspecified atom stereocenters. The fraction of sp³-hybridized carbons (Fsp3) is 0.417. The van der Waals surface area contributed by atoms with Gasteiger partial charge in [-0.2, -0.15) is 5.10 Å². The Hall–Kier alpha value is -3.57. The number of aliphatic hydroxyl groups is 1. The van der Waals surface area contributed by atoms with Crippen LogP contribution in [0.15, 0.2) is 48.4 Å². The van der Waals surface area contributed by atoms with E-state index < -0.39 is 24.1 Å². The van der Waals surface area contributed by atoms with E-state index in [2.05, 4.69) is 15.7 Å². The molecular weight excluding hydrogens is 490 g/mol. The number of benzene rings is 1. The fourth-order valence-corrected chi connectivity index (χ4v) is 3.76. The standard InChI is InChI=1S/C24H30ClN5O6/c1-15(2)10-19(30-13-17(11-22(30)32)36-20-7-5-4-6-18(20)25)23(33)27-21-8-9-29(28-21)12-16(31)14-35-24(34)26-3/h4-9,11,15-16,19,31H,10,12-14H2,1-3H3,(H,26,34)(H,27,28,33)/t16-,19+/m1/s1. The van der Waals surface area contributed by atoms with Crippen molar-refractivity contribution in [3.8, 4) is 5.75 Å². The van der Waals surface area contributed by atoms with Crippen LogP contribution in [-0.2, 0) is 20.9 Å². The normalized spacial score (nSPS) is 14.9. The van der Waals surface area contributed by atoms with Gasteiger partial charge in [0.2, 0.25) is 5.91 Å². The predicted octanol–water partition coefficient (Wildman–Crippen LogP) is 2.41. The highest BCUT2D eigenvalue weighted by Crippen LogP contribution is 2.28. The van der Waals surface area contributed by atoms with Crippen LogP contribution in [-0.4, -0.2) is 70.0 Å². The van der Waals surface area contributed by atoms with Gasteiger partial charge in [-0.15, -0.1) is 0 Å². The minimum absolute atomic E-state index is 0.0551. The van der Waals surface area contributed by atoms with Gasteiger partial charge in [-0.1, -0.05) is 37.6 Å². The number of nitrogens with one attached hydrogen (secondary N) is 2. The van der Waals surface area contributed by atoms with Crippen LogP contribution in [0, 0.1) is 5.92 Å². The van der Waals surface area contributed by atoms with Crippen molar-refractivity contribution in [3.63, 3.8) is 0 Å². The van der Waals surface area contributed by atoms with E-state index in [1.807, 2.05) is 13.8 Å². The van der Waals surface area contributed by atoms with Gasteiger partial charge in [0.1, 0.15) is 30.3 Å². The number of amides is 3. The Balaban J connectivity index is 1.62. The van der Waals surface area contributed by atoms with Crippen molar-refractivity contribution in [1.29, 1.82) is 0 Å². The zero-order valence-corrected chi connectivity index (χ0v) is 21.1. The molecule has 0 aliphatic carbocycles. The summed E-state index contributed by atoms with van der Waals surface area (Å²) >= 11 is 6.15. The SMILES string of the molecule is CNC(=O)OC[C@H](O)Cn1ccc(NC(=O)[C@H](CC(C)C)N2CC(Oc3ccccc3Cl)=CC2=O)n1. The van der Waals surface area contributed by atoms with Crippen molar-refractivity contribution in [2.45, 2.75) is 39.0 Å². The van der Waals surface area contributed by atoms with Crippen molar-refractivity contribution in [2.75, 3.05) is 25.5 Å². The summed E-state index contributed by atoms with van der Waals surface area (Å²) in [5.74, 6) is 0.501. The molecule has 0 bridgehead atoms. The van der Waals surface area contributed by atoms with Crippen molar-refractivity contribution < 1.29 is 29.0 Å². The number of aliphatic hydroxyl groups excluding tert-OH is 1. The molecular formula is C24H30ClN5O6. The van der Waals surface area contributed by atoms with Gasteiger partial charge in [0, 0.05) is 25.4 Å². The Morgan fingerprint density at radius 2 is 2.00 bits per heavy atom. The molecule has 3 rings (SSSR count). The summed E-state index contributed by atoms with van der Waals surface area (Å²) in [6.45, 7) is 3.90. The van der Waals surface area contributed by atoms with Crippen LogP contribution < -0.4 is 15.4 Å². The lowest BCUT2D eigenvalue weighted by molar-refractivity contribution is -0.133. The number of hydrogen-bond acceptors (Lipinski definition) is 7. The highest BCUT2D eigenvalue weighted by atomic mass is 35.5. The van der Waals surface area contributed by atoms with Crippen LogP contribution >= 0.6 is 11.6 Å². The number of anilines is 1. The second-order valence-corrected chi connectivity index (χ2v) is 9.08. The van der Waals surface area contributed by atoms with E-state index >= 15 is 0 Å². The Labute approximate surface area is 214 Å². The predicted molar refractivity (Wildman–Crippen MR) is 132 cm³/mol. The molecule has 0 radical (unpaired) electrons. The first kappa shape index (κ1) is 27.0. The van der Waals surface area contributed by atoms with E-state index in [0.717, 1.165) is 0 Å². The highest BCUT2D eigenvalue weighted by Gasteiger charge is 2.35. The molecule has 12 heteroatoms. The first-order valence-corrected chi connectivity index (χ1v) is 11.8. The minimum Gasteiger partial charge on any atom is -0.458 e. The van der Waals surface area contributed by atoms with Crippen molar-refractivity contribution >= 4 is 35.3 Å². The van der Waals surface area contributed by atoms with Crippen LogP contribution in [0.3, 0.4) is 0 Å². The fourth-order valence-electron chi connectivity index (χ4n) is 3.58. The van der Waals surface area contributed by atoms with E-state index in [1.54, 1.807) is 36.5 Å². The number of carbonyl (C=O) groups excluding carboxylic acids is 3. The first-order chi connectivity index (χ1) is 17.2. The van der Waals surface area contributed by atoms with Gasteiger partial charge in [0.25, 0.3) is 5.91 Å². The monoisotopic (exact) mass is 519 g/mol. The number of para-hydroxylation sites is 1. The van der Waals surface area contributed by atoms with Crippen LogP contribution in [0.5, 0.6) is 5.75 Å². The number of ether oxygens (including phenoxy) is 2. The summed E-state index contributed by atoms with van der Waals surface area (Å²) < 4.78 is 12.0. The van der Waals surface area contributed by atoms with Crippen LogP contribution in [0.25, 0.3) is 0 Å². The molecule has 3 amide bonds. The average molecular weight is 520 g/mol. The van der Waals surface area contributed by atoms with Gasteiger partial charge in [0.05, 0.1) is 18.1 Å². The summed E-state index contributed by atoms with van der Waals surface area (Å²) in [4.78, 5) is 38.5. The van der Waals surface area contributed by atoms with E-state index in [0.29, 0.717) is 23.0 Å². The Kier molecular flexibility index (Phi) is 9.31. The lowest BCUT2D eigenvalue weighted by Gasteiger charge is -2.28. The first-order valence-electron chi connectivity index (χ1n) is 11.5. The molecule has 0 spiro atoms. The lowest BCUT2D eigenvalue weighted by Crippen LogP contribution is -2.46. The Morgan fingerprint density at radius 3 is 2.69 bits per heavy atom. The van der Waals surface area contributed by atoms with Crippen molar-refractivity contribution in [1.82, 2.24) is 20.0 Å². The minimum atomic E-state index is -0.982. The highest BCUT2D eigenvalue weighted by molar-refractivity contribution is 6.32. The number of rotatable bonds is 11. The molecule has 1 aliphatic rings. The number of carbonyl (C=O) groups is 3. The van der Waals surface area contributed by atoms with E-state index in [4.69, 9.17) is 21.1 Å². The maximum absolute atomic E-state index is 13.2. The molecule has 2 heterocycles. The molecule has 36 heavy (non-hydrogen) atoms. The summed E-state index contributed by atoms with van der Waals surface area (Å²) in [5, 5.41) is 19.7. The number of alkyl carbamates (subject to hydrolysis) is 1.